The summed E-state index contributed by atoms with van der Waals surface area (Å²) in [6, 6.07) is 3.81. The predicted octanol–water partition coefficient (Wildman–Crippen LogP) is 2.45. The zero-order chi connectivity index (χ0) is 22.9. The quantitative estimate of drug-likeness (QED) is 0.679. The van der Waals surface area contributed by atoms with Gasteiger partial charge in [-0.1, -0.05) is 6.07 Å². The van der Waals surface area contributed by atoms with Crippen molar-refractivity contribution >= 4 is 22.8 Å². The Bertz CT molecular complexity index is 1040. The fourth-order valence-electron chi connectivity index (χ4n) is 3.08. The molecule has 0 bridgehead atoms. The largest absolute Gasteiger partial charge is 0.490 e. The average molecular weight is 430 g/mol. The molecule has 1 aromatic heterocycles. The zero-order valence-electron chi connectivity index (χ0n) is 16.2. The van der Waals surface area contributed by atoms with Crippen LogP contribution in [0.5, 0.6) is 0 Å². The van der Waals surface area contributed by atoms with Crippen molar-refractivity contribution in [2.24, 2.45) is 5.73 Å². The molecule has 0 spiro atoms. The van der Waals surface area contributed by atoms with Gasteiger partial charge in [0.1, 0.15) is 11.3 Å². The highest BCUT2D eigenvalue weighted by Crippen LogP contribution is 2.33. The first-order valence-electron chi connectivity index (χ1n) is 8.88. The number of hydrogen-bond donors (Lipinski definition) is 3. The van der Waals surface area contributed by atoms with Gasteiger partial charge in [0.05, 0.1) is 12.1 Å². The summed E-state index contributed by atoms with van der Waals surface area (Å²) >= 11 is 0. The third-order valence-corrected chi connectivity index (χ3v) is 4.54. The fourth-order valence-corrected chi connectivity index (χ4v) is 3.08. The Kier molecular flexibility index (Phi) is 6.57. The van der Waals surface area contributed by atoms with E-state index in [4.69, 9.17) is 20.4 Å². The second-order valence-corrected chi connectivity index (χ2v) is 7.13. The summed E-state index contributed by atoms with van der Waals surface area (Å²) in [4.78, 5) is 32.9. The molecule has 1 aliphatic rings. The molecule has 4 N–H and O–H groups in total. The Hall–Kier alpha value is -2.92. The summed E-state index contributed by atoms with van der Waals surface area (Å²) in [5, 5.41) is 16.9. The van der Waals surface area contributed by atoms with Gasteiger partial charge in [0.15, 0.2) is 0 Å². The molecule has 30 heavy (non-hydrogen) atoms. The van der Waals surface area contributed by atoms with Crippen LogP contribution >= 0.6 is 0 Å². The van der Waals surface area contributed by atoms with Crippen LogP contribution in [0.2, 0.25) is 0 Å². The van der Waals surface area contributed by atoms with Crippen molar-refractivity contribution in [1.82, 2.24) is 4.57 Å². The lowest BCUT2D eigenvalue weighted by atomic mass is 9.98. The van der Waals surface area contributed by atoms with Gasteiger partial charge in [-0.2, -0.15) is 13.2 Å². The molecule has 0 radical (unpaired) electrons. The number of nitrogens with two attached hydrogens (primary N) is 1. The maximum Gasteiger partial charge on any atom is 0.490 e. The normalized spacial score (nSPS) is 14.7. The van der Waals surface area contributed by atoms with Crippen molar-refractivity contribution in [2.75, 3.05) is 6.54 Å². The van der Waals surface area contributed by atoms with E-state index in [0.717, 1.165) is 29.5 Å². The molecule has 11 heteroatoms. The summed E-state index contributed by atoms with van der Waals surface area (Å²) in [6.07, 6.45) is -2.14. The summed E-state index contributed by atoms with van der Waals surface area (Å²) in [5.74, 6) is -3.98. The van der Waals surface area contributed by atoms with Crippen molar-refractivity contribution in [2.45, 2.75) is 45.2 Å². The number of hydrogen-bond acceptors (Lipinski definition) is 5. The number of alkyl halides is 3. The second-order valence-electron chi connectivity index (χ2n) is 7.13. The summed E-state index contributed by atoms with van der Waals surface area (Å²) in [6.45, 7) is 4.67. The Morgan fingerprint density at radius 3 is 2.37 bits per heavy atom. The monoisotopic (exact) mass is 430 g/mol. The van der Waals surface area contributed by atoms with Crippen LogP contribution in [0.4, 0.5) is 13.2 Å². The minimum absolute atomic E-state index is 0.238. The Morgan fingerprint density at radius 1 is 1.27 bits per heavy atom. The molecule has 164 valence electrons. The number of aliphatic carboxylic acids is 1. The first-order chi connectivity index (χ1) is 13.8. The van der Waals surface area contributed by atoms with Crippen molar-refractivity contribution in [1.29, 1.82) is 0 Å². The van der Waals surface area contributed by atoms with E-state index in [-0.39, 0.29) is 5.56 Å². The van der Waals surface area contributed by atoms with Crippen molar-refractivity contribution in [3.05, 3.63) is 45.2 Å². The van der Waals surface area contributed by atoms with Crippen LogP contribution in [0.1, 0.15) is 41.8 Å². The van der Waals surface area contributed by atoms with Gasteiger partial charge in [0.25, 0.3) is 0 Å². The molecule has 1 aromatic carbocycles. The highest BCUT2D eigenvalue weighted by Gasteiger charge is 2.38. The summed E-state index contributed by atoms with van der Waals surface area (Å²) in [7, 11) is 0. The minimum atomic E-state index is -5.08. The molecule has 2 heterocycles. The van der Waals surface area contributed by atoms with Crippen molar-refractivity contribution < 1.29 is 37.7 Å². The molecule has 0 fully saturated rings. The van der Waals surface area contributed by atoms with Crippen LogP contribution in [0.25, 0.3) is 10.9 Å². The van der Waals surface area contributed by atoms with E-state index < -0.39 is 29.3 Å². The lowest BCUT2D eigenvalue weighted by Crippen LogP contribution is -2.36. The number of aryl methyl sites for hydroxylation is 1. The van der Waals surface area contributed by atoms with E-state index in [9.17, 15) is 27.9 Å². The highest BCUT2D eigenvalue weighted by atomic mass is 19.4. The number of rotatable bonds is 4. The lowest BCUT2D eigenvalue weighted by molar-refractivity contribution is -0.192. The first kappa shape index (κ1) is 23.4. The third kappa shape index (κ3) is 4.79. The van der Waals surface area contributed by atoms with Crippen molar-refractivity contribution in [3.8, 4) is 0 Å². The smallest absolute Gasteiger partial charge is 0.477 e. The Labute approximate surface area is 168 Å². The molecular weight excluding hydrogens is 409 g/mol. The van der Waals surface area contributed by atoms with Crippen LogP contribution in [0.15, 0.2) is 23.1 Å². The molecule has 0 unspecified atom stereocenters. The van der Waals surface area contributed by atoms with E-state index in [2.05, 4.69) is 0 Å². The minimum Gasteiger partial charge on any atom is -0.477 e. The molecule has 2 aromatic rings. The number of carboxylic acid groups (broad SMARTS) is 2. The molecule has 0 atom stereocenters. The Balaban J connectivity index is 0.000000396. The zero-order valence-corrected chi connectivity index (χ0v) is 16.2. The predicted molar refractivity (Wildman–Crippen MR) is 100 cm³/mol. The maximum absolute atomic E-state index is 12.6. The second kappa shape index (κ2) is 8.44. The van der Waals surface area contributed by atoms with E-state index in [1.54, 1.807) is 10.6 Å². The number of ether oxygens (including phenoxy) is 1. The summed E-state index contributed by atoms with van der Waals surface area (Å²) in [5.41, 5.74) is 6.81. The van der Waals surface area contributed by atoms with Gasteiger partial charge in [-0.25, -0.2) is 9.59 Å². The van der Waals surface area contributed by atoms with Crippen LogP contribution in [0.3, 0.4) is 0 Å². The number of carboxylic acids is 2. The van der Waals surface area contributed by atoms with Crippen molar-refractivity contribution in [3.63, 3.8) is 0 Å². The number of nitrogens with zero attached hydrogens (tertiary/aromatic N) is 1. The van der Waals surface area contributed by atoms with Crippen LogP contribution in [0, 0.1) is 0 Å². The van der Waals surface area contributed by atoms with Crippen LogP contribution in [-0.4, -0.2) is 39.4 Å². The van der Waals surface area contributed by atoms with Gasteiger partial charge in [0, 0.05) is 17.1 Å². The fraction of sp³-hybridized carbons (Fsp3) is 0.421. The van der Waals surface area contributed by atoms with Crippen LogP contribution in [-0.2, 0) is 28.3 Å². The molecule has 0 aliphatic carbocycles. The van der Waals surface area contributed by atoms with Gasteiger partial charge >= 0.3 is 18.1 Å². The molecule has 1 aliphatic heterocycles. The van der Waals surface area contributed by atoms with Gasteiger partial charge in [-0.05, 0) is 44.9 Å². The van der Waals surface area contributed by atoms with E-state index in [0.29, 0.717) is 18.5 Å². The standard InChI is InChI=1S/C17H20N2O4.C2HF3O2/c1-17(2)19-8-13(16(21)22)15(20)12-7-10(4-3-5-18)6-11(9-23-17)14(12)19;3-2(4,5)1(6)7/h6-8H,3-5,9,18H2,1-2H3,(H,21,22);(H,6,7). The number of pyridine rings is 1. The highest BCUT2D eigenvalue weighted by molar-refractivity contribution is 5.94. The molecule has 0 saturated heterocycles. The Morgan fingerprint density at radius 2 is 1.87 bits per heavy atom. The molecule has 3 rings (SSSR count). The van der Waals surface area contributed by atoms with Gasteiger partial charge in [-0.3, -0.25) is 4.79 Å². The first-order valence-corrected chi connectivity index (χ1v) is 8.88. The number of aromatic nitrogens is 1. The van der Waals surface area contributed by atoms with Gasteiger partial charge in [-0.15, -0.1) is 0 Å². The molecule has 0 amide bonds. The van der Waals surface area contributed by atoms with Gasteiger partial charge in [0.2, 0.25) is 5.43 Å². The average Bonchev–Trinajstić information content (AvgIpc) is 2.63. The molecule has 8 nitrogen and oxygen atoms in total. The number of aromatic carboxylic acids is 1. The summed E-state index contributed by atoms with van der Waals surface area (Å²) < 4.78 is 39.3. The van der Waals surface area contributed by atoms with Gasteiger partial charge < -0.3 is 25.3 Å². The van der Waals surface area contributed by atoms with Crippen LogP contribution < -0.4 is 11.2 Å². The van der Waals surface area contributed by atoms with E-state index in [1.807, 2.05) is 19.9 Å². The number of benzene rings is 1. The SMILES string of the molecule is CC1(C)OCc2cc(CCCN)cc3c(=O)c(C(=O)O)cn1c23.O=C(O)C(F)(F)F. The topological polar surface area (TPSA) is 132 Å². The molecular formula is C19H21F3N2O6. The maximum atomic E-state index is 12.6. The number of carbonyl (C=O) groups is 2. The van der Waals surface area contributed by atoms with E-state index in [1.165, 1.54) is 6.20 Å². The third-order valence-electron chi connectivity index (χ3n) is 4.54. The number of halogens is 3. The van der Waals surface area contributed by atoms with E-state index >= 15 is 0 Å². The lowest BCUT2D eigenvalue weighted by Gasteiger charge is -2.35. The molecule has 0 saturated carbocycles.